The van der Waals surface area contributed by atoms with Gasteiger partial charge in [-0.05, 0) is 42.0 Å². The smallest absolute Gasteiger partial charge is 0.140 e. The summed E-state index contributed by atoms with van der Waals surface area (Å²) in [5.41, 5.74) is 3.67. The van der Waals surface area contributed by atoms with Gasteiger partial charge in [-0.15, -0.1) is 0 Å². The topological polar surface area (TPSA) is 19.6 Å². The summed E-state index contributed by atoms with van der Waals surface area (Å²) in [6, 6.07) is 16.6. The molecule has 1 aliphatic rings. The number of fused-ring (bicyclic) bond motifs is 4. The lowest BCUT2D eigenvalue weighted by Gasteiger charge is -2.20. The van der Waals surface area contributed by atoms with Crippen LogP contribution in [0.1, 0.15) is 9.68 Å². The van der Waals surface area contributed by atoms with Crippen LogP contribution >= 0.6 is 0 Å². The van der Waals surface area contributed by atoms with Gasteiger partial charge in [0.05, 0.1) is 6.67 Å². The molecule has 3 nitrogen and oxygen atoms in total. The fourth-order valence-corrected chi connectivity index (χ4v) is 3.54. The molecule has 0 bridgehead atoms. The summed E-state index contributed by atoms with van der Waals surface area (Å²) >= 11 is 0. The van der Waals surface area contributed by atoms with Crippen molar-refractivity contribution >= 4 is 38.4 Å². The molecule has 118 valence electrons. The number of hydrogen-bond acceptors (Lipinski definition) is 3. The third-order valence-corrected chi connectivity index (χ3v) is 4.77. The van der Waals surface area contributed by atoms with E-state index < -0.39 is 6.98 Å². The molecule has 3 aromatic carbocycles. The van der Waals surface area contributed by atoms with Crippen molar-refractivity contribution in [3.63, 3.8) is 0 Å². The standard InChI is InChI=1S/C21H18N2O/c1-14-19(23-10-9-22(2)13-23)8-7-17-18-11-15-5-3-4-6-16(15)12-20(18)24-21(14)17/h3-12H,13H2,1-2H3/i2D3. The molecule has 1 aliphatic heterocycles. The van der Waals surface area contributed by atoms with Gasteiger partial charge in [-0.25, -0.2) is 0 Å². The molecule has 0 saturated heterocycles. The predicted molar refractivity (Wildman–Crippen MR) is 100 cm³/mol. The maximum atomic E-state index is 7.57. The Bertz CT molecular complexity index is 1220. The fourth-order valence-electron chi connectivity index (χ4n) is 3.54. The van der Waals surface area contributed by atoms with Crippen LogP contribution in [0, 0.1) is 6.92 Å². The van der Waals surface area contributed by atoms with Crippen LogP contribution in [0.4, 0.5) is 5.69 Å². The van der Waals surface area contributed by atoms with E-state index in [0.717, 1.165) is 38.6 Å². The number of anilines is 1. The molecular formula is C21H18N2O. The quantitative estimate of drug-likeness (QED) is 0.479. The van der Waals surface area contributed by atoms with Gasteiger partial charge < -0.3 is 14.2 Å². The first-order chi connectivity index (χ1) is 12.9. The summed E-state index contributed by atoms with van der Waals surface area (Å²) in [6.07, 6.45) is 3.42. The SMILES string of the molecule is [2H]C([2H])([2H])N1C=CN(c2ccc3c(oc4cc5ccccc5cc43)c2C)C1. The molecule has 0 atom stereocenters. The maximum absolute atomic E-state index is 7.57. The van der Waals surface area contributed by atoms with Crippen molar-refractivity contribution in [2.24, 2.45) is 0 Å². The Hall–Kier alpha value is -2.94. The zero-order valence-electron chi connectivity index (χ0n) is 16.3. The molecule has 0 saturated carbocycles. The number of nitrogens with zero attached hydrogens (tertiary/aromatic N) is 2. The fraction of sp³-hybridized carbons (Fsp3) is 0.143. The molecule has 1 aromatic heterocycles. The van der Waals surface area contributed by atoms with Gasteiger partial charge in [-0.3, -0.25) is 0 Å². The lowest BCUT2D eigenvalue weighted by Crippen LogP contribution is -2.22. The highest BCUT2D eigenvalue weighted by atomic mass is 16.3. The molecule has 24 heavy (non-hydrogen) atoms. The van der Waals surface area contributed by atoms with Crippen LogP contribution in [0.25, 0.3) is 32.7 Å². The van der Waals surface area contributed by atoms with Gasteiger partial charge in [0.15, 0.2) is 0 Å². The van der Waals surface area contributed by atoms with Gasteiger partial charge in [0.25, 0.3) is 0 Å². The summed E-state index contributed by atoms with van der Waals surface area (Å²) < 4.78 is 28.9. The molecule has 5 rings (SSSR count). The Balaban J connectivity index is 1.64. The number of benzene rings is 3. The molecule has 2 heterocycles. The van der Waals surface area contributed by atoms with E-state index in [9.17, 15) is 0 Å². The van der Waals surface area contributed by atoms with E-state index in [1.165, 1.54) is 10.3 Å². The highest BCUT2D eigenvalue weighted by Gasteiger charge is 2.17. The maximum Gasteiger partial charge on any atom is 0.140 e. The van der Waals surface area contributed by atoms with Gasteiger partial charge in [0.1, 0.15) is 11.2 Å². The molecular weight excluding hydrogens is 296 g/mol. The largest absolute Gasteiger partial charge is 0.456 e. The van der Waals surface area contributed by atoms with Crippen LogP contribution < -0.4 is 4.90 Å². The van der Waals surface area contributed by atoms with E-state index in [0.29, 0.717) is 6.67 Å². The highest BCUT2D eigenvalue weighted by molar-refractivity contribution is 6.11. The Kier molecular flexibility index (Phi) is 2.14. The van der Waals surface area contributed by atoms with Crippen LogP contribution in [0.3, 0.4) is 0 Å². The van der Waals surface area contributed by atoms with Crippen LogP contribution in [-0.2, 0) is 0 Å². The van der Waals surface area contributed by atoms with Crippen LogP contribution in [-0.4, -0.2) is 18.5 Å². The number of furan rings is 1. The van der Waals surface area contributed by atoms with Crippen molar-refractivity contribution in [1.82, 2.24) is 4.90 Å². The Morgan fingerprint density at radius 2 is 1.83 bits per heavy atom. The van der Waals surface area contributed by atoms with Crippen LogP contribution in [0.15, 0.2) is 65.3 Å². The van der Waals surface area contributed by atoms with Gasteiger partial charge >= 0.3 is 0 Å². The lowest BCUT2D eigenvalue weighted by atomic mass is 10.0. The van der Waals surface area contributed by atoms with Crippen molar-refractivity contribution in [2.45, 2.75) is 6.92 Å². The number of hydrogen-bond donors (Lipinski definition) is 0. The van der Waals surface area contributed by atoms with Crippen LogP contribution in [0.5, 0.6) is 0 Å². The summed E-state index contributed by atoms with van der Waals surface area (Å²) in [7, 11) is 0. The predicted octanol–water partition coefficient (Wildman–Crippen LogP) is 5.23. The van der Waals surface area contributed by atoms with Crippen molar-refractivity contribution in [1.29, 1.82) is 0 Å². The first-order valence-electron chi connectivity index (χ1n) is 9.48. The van der Waals surface area contributed by atoms with E-state index in [2.05, 4.69) is 30.3 Å². The molecule has 0 amide bonds. The second-order valence-electron chi connectivity index (χ2n) is 6.26. The minimum Gasteiger partial charge on any atom is -0.456 e. The monoisotopic (exact) mass is 317 g/mol. The summed E-state index contributed by atoms with van der Waals surface area (Å²) in [4.78, 5) is 3.28. The summed E-state index contributed by atoms with van der Waals surface area (Å²) in [6.45, 7) is 0.182. The second-order valence-corrected chi connectivity index (χ2v) is 6.26. The van der Waals surface area contributed by atoms with Gasteiger partial charge in [0.2, 0.25) is 0 Å². The zero-order valence-corrected chi connectivity index (χ0v) is 13.3. The molecule has 0 aliphatic carbocycles. The molecule has 0 radical (unpaired) electrons. The number of rotatable bonds is 1. The van der Waals surface area contributed by atoms with Gasteiger partial charge in [0, 0.05) is 45.5 Å². The van der Waals surface area contributed by atoms with Crippen molar-refractivity contribution in [2.75, 3.05) is 18.5 Å². The van der Waals surface area contributed by atoms with Crippen molar-refractivity contribution in [3.05, 3.63) is 66.5 Å². The Labute approximate surface area is 144 Å². The summed E-state index contributed by atoms with van der Waals surface area (Å²) in [5, 5.41) is 4.51. The Morgan fingerprint density at radius 3 is 2.62 bits per heavy atom. The zero-order chi connectivity index (χ0) is 18.8. The molecule has 0 fully saturated rings. The normalized spacial score (nSPS) is 17.0. The second kappa shape index (κ2) is 4.78. The first kappa shape index (κ1) is 10.8. The van der Waals surface area contributed by atoms with Gasteiger partial charge in [-0.1, -0.05) is 24.3 Å². The van der Waals surface area contributed by atoms with E-state index in [1.54, 1.807) is 12.4 Å². The van der Waals surface area contributed by atoms with E-state index in [4.69, 9.17) is 8.53 Å². The van der Waals surface area contributed by atoms with Crippen LogP contribution in [0.2, 0.25) is 0 Å². The minimum absolute atomic E-state index is 0.299. The van der Waals surface area contributed by atoms with Crippen molar-refractivity contribution < 1.29 is 8.53 Å². The molecule has 4 aromatic rings. The molecule has 0 spiro atoms. The van der Waals surface area contributed by atoms with Gasteiger partial charge in [-0.2, -0.15) is 0 Å². The van der Waals surface area contributed by atoms with E-state index in [-0.39, 0.29) is 0 Å². The lowest BCUT2D eigenvalue weighted by molar-refractivity contribution is 0.495. The first-order valence-corrected chi connectivity index (χ1v) is 7.98. The molecule has 3 heteroatoms. The average molecular weight is 317 g/mol. The third kappa shape index (κ3) is 1.84. The number of aryl methyl sites for hydroxylation is 1. The average Bonchev–Trinajstić information content (AvgIpc) is 3.25. The third-order valence-electron chi connectivity index (χ3n) is 4.77. The Morgan fingerprint density at radius 1 is 1.00 bits per heavy atom. The van der Waals surface area contributed by atoms with Crippen molar-refractivity contribution in [3.8, 4) is 0 Å². The van der Waals surface area contributed by atoms with E-state index >= 15 is 0 Å². The highest BCUT2D eigenvalue weighted by Crippen LogP contribution is 2.37. The molecule has 0 unspecified atom stereocenters. The molecule has 0 N–H and O–H groups in total. The summed E-state index contributed by atoms with van der Waals surface area (Å²) in [5.74, 6) is 0. The minimum atomic E-state index is -2.14. The van der Waals surface area contributed by atoms with E-state index in [1.807, 2.05) is 30.0 Å².